The highest BCUT2D eigenvalue weighted by Crippen LogP contribution is 2.27. The lowest BCUT2D eigenvalue weighted by Crippen LogP contribution is -2.20. The summed E-state index contributed by atoms with van der Waals surface area (Å²) in [5.74, 6) is 0.0517. The van der Waals surface area contributed by atoms with Crippen molar-refractivity contribution >= 4 is 22.5 Å². The Balaban J connectivity index is 2.13. The van der Waals surface area contributed by atoms with E-state index in [1.807, 2.05) is 52.0 Å². The van der Waals surface area contributed by atoms with Crippen LogP contribution in [0.4, 0.5) is 0 Å². The van der Waals surface area contributed by atoms with E-state index in [1.165, 1.54) is 0 Å². The Kier molecular flexibility index (Phi) is 3.84. The molecule has 0 saturated heterocycles. The Morgan fingerprint density at radius 3 is 2.67 bits per heavy atom. The van der Waals surface area contributed by atoms with Crippen molar-refractivity contribution in [2.45, 2.75) is 27.7 Å². The number of carbonyl (C=O) groups is 1. The fourth-order valence-corrected chi connectivity index (χ4v) is 2.55. The van der Waals surface area contributed by atoms with Crippen LogP contribution in [0.1, 0.15) is 43.6 Å². The molecule has 0 bridgehead atoms. The molecule has 0 aliphatic rings. The molecule has 24 heavy (non-hydrogen) atoms. The Morgan fingerprint density at radius 1 is 1.25 bits per heavy atom. The maximum absolute atomic E-state index is 12.6. The summed E-state index contributed by atoms with van der Waals surface area (Å²) in [5.41, 5.74) is 5.13. The van der Waals surface area contributed by atoms with Crippen LogP contribution in [0.15, 0.2) is 43.2 Å². The summed E-state index contributed by atoms with van der Waals surface area (Å²) in [7, 11) is 0. The number of Topliss-reactive ketones (excluding diaryl/α,β-unsaturated/α-hetero) is 1. The molecule has 0 radical (unpaired) electrons. The van der Waals surface area contributed by atoms with Crippen molar-refractivity contribution in [3.05, 3.63) is 54.4 Å². The van der Waals surface area contributed by atoms with Gasteiger partial charge in [-0.2, -0.15) is 0 Å². The van der Waals surface area contributed by atoms with E-state index in [2.05, 4.69) is 16.5 Å². The van der Waals surface area contributed by atoms with Crippen LogP contribution < -0.4 is 0 Å². The average Bonchev–Trinajstić information content (AvgIpc) is 2.96. The quantitative estimate of drug-likeness (QED) is 0.699. The molecule has 3 aromatic rings. The van der Waals surface area contributed by atoms with Crippen molar-refractivity contribution in [1.82, 2.24) is 15.0 Å². The lowest BCUT2D eigenvalue weighted by atomic mass is 9.87. The van der Waals surface area contributed by atoms with Crippen molar-refractivity contribution in [2.24, 2.45) is 5.41 Å². The van der Waals surface area contributed by atoms with Crippen LogP contribution in [0.25, 0.3) is 28.0 Å². The van der Waals surface area contributed by atoms with Gasteiger partial charge in [0.25, 0.3) is 0 Å². The number of fused-ring (bicyclic) bond motifs is 1. The van der Waals surface area contributed by atoms with Crippen LogP contribution in [0.3, 0.4) is 0 Å². The number of rotatable bonds is 3. The Hall–Kier alpha value is -2.75. The number of ketones is 1. The van der Waals surface area contributed by atoms with Gasteiger partial charge in [0, 0.05) is 17.2 Å². The molecule has 0 aliphatic heterocycles. The van der Waals surface area contributed by atoms with Crippen molar-refractivity contribution in [3.8, 4) is 11.3 Å². The van der Waals surface area contributed by atoms with Gasteiger partial charge in [0.1, 0.15) is 5.52 Å². The van der Waals surface area contributed by atoms with Crippen LogP contribution in [0.2, 0.25) is 0 Å². The molecule has 0 atom stereocenters. The summed E-state index contributed by atoms with van der Waals surface area (Å²) in [6.45, 7) is 11.7. The monoisotopic (exact) mass is 319 g/mol. The highest BCUT2D eigenvalue weighted by molar-refractivity contribution is 6.08. The minimum absolute atomic E-state index is 0.0517. The number of nitrogens with one attached hydrogen (secondary N) is 1. The van der Waals surface area contributed by atoms with E-state index in [1.54, 1.807) is 12.4 Å². The van der Waals surface area contributed by atoms with E-state index in [-0.39, 0.29) is 5.78 Å². The third-order valence-corrected chi connectivity index (χ3v) is 3.96. The van der Waals surface area contributed by atoms with Crippen LogP contribution in [0, 0.1) is 5.41 Å². The summed E-state index contributed by atoms with van der Waals surface area (Å²) >= 11 is 0. The number of nitrogens with zero attached hydrogens (tertiary/aromatic N) is 2. The topological polar surface area (TPSA) is 58.6 Å². The van der Waals surface area contributed by atoms with E-state index < -0.39 is 5.41 Å². The minimum atomic E-state index is -0.466. The lowest BCUT2D eigenvalue weighted by Gasteiger charge is -2.15. The first-order chi connectivity index (χ1) is 11.3. The predicted octanol–water partition coefficient (Wildman–Crippen LogP) is 4.89. The number of benzene rings is 1. The Morgan fingerprint density at radius 2 is 2.00 bits per heavy atom. The molecule has 1 aromatic carbocycles. The Bertz CT molecular complexity index is 945. The molecule has 0 spiro atoms. The summed E-state index contributed by atoms with van der Waals surface area (Å²) in [5, 5.41) is 0. The number of hydrogen-bond donors (Lipinski definition) is 1. The van der Waals surface area contributed by atoms with Gasteiger partial charge in [-0.05, 0) is 18.6 Å². The minimum Gasteiger partial charge on any atom is -0.344 e. The number of allylic oxidation sites excluding steroid dienone is 1. The molecule has 0 amide bonds. The van der Waals surface area contributed by atoms with E-state index >= 15 is 0 Å². The highest BCUT2D eigenvalue weighted by atomic mass is 16.1. The van der Waals surface area contributed by atoms with Gasteiger partial charge in [-0.15, -0.1) is 0 Å². The number of aromatic amines is 1. The van der Waals surface area contributed by atoms with Crippen molar-refractivity contribution in [3.63, 3.8) is 0 Å². The number of aromatic nitrogens is 3. The third-order valence-electron chi connectivity index (χ3n) is 3.96. The predicted molar refractivity (Wildman–Crippen MR) is 97.8 cm³/mol. The van der Waals surface area contributed by atoms with E-state index in [0.29, 0.717) is 16.7 Å². The molecule has 4 heteroatoms. The Labute approximate surface area is 141 Å². The summed E-state index contributed by atoms with van der Waals surface area (Å²) < 4.78 is 0. The second-order valence-electron chi connectivity index (χ2n) is 7.10. The molecule has 0 aliphatic carbocycles. The number of hydrogen-bond acceptors (Lipinski definition) is 3. The van der Waals surface area contributed by atoms with Gasteiger partial charge in [-0.1, -0.05) is 51.1 Å². The van der Waals surface area contributed by atoms with E-state index in [0.717, 1.165) is 22.4 Å². The maximum Gasteiger partial charge on any atom is 0.171 e. The molecular weight excluding hydrogens is 298 g/mol. The largest absolute Gasteiger partial charge is 0.344 e. The van der Waals surface area contributed by atoms with Crippen LogP contribution in [0.5, 0.6) is 0 Å². The van der Waals surface area contributed by atoms with E-state index in [9.17, 15) is 4.79 Å². The molecule has 0 unspecified atom stereocenters. The zero-order chi connectivity index (χ0) is 17.5. The molecule has 4 nitrogen and oxygen atoms in total. The third kappa shape index (κ3) is 2.87. The summed E-state index contributed by atoms with van der Waals surface area (Å²) in [6.07, 6.45) is 3.42. The van der Waals surface area contributed by atoms with Crippen molar-refractivity contribution in [2.75, 3.05) is 0 Å². The molecule has 0 saturated carbocycles. The van der Waals surface area contributed by atoms with E-state index in [4.69, 9.17) is 4.98 Å². The van der Waals surface area contributed by atoms with Gasteiger partial charge in [0.2, 0.25) is 0 Å². The fourth-order valence-electron chi connectivity index (χ4n) is 2.55. The fraction of sp³-hybridized carbons (Fsp3) is 0.250. The number of carbonyl (C=O) groups excluding carboxylic acids is 1. The molecule has 2 aromatic heterocycles. The van der Waals surface area contributed by atoms with Gasteiger partial charge < -0.3 is 4.98 Å². The summed E-state index contributed by atoms with van der Waals surface area (Å²) in [6, 6.07) is 8.02. The normalized spacial score (nSPS) is 11.7. The van der Waals surface area contributed by atoms with Crippen LogP contribution >= 0.6 is 0 Å². The van der Waals surface area contributed by atoms with Crippen molar-refractivity contribution in [1.29, 1.82) is 0 Å². The zero-order valence-corrected chi connectivity index (χ0v) is 14.5. The zero-order valence-electron chi connectivity index (χ0n) is 14.5. The second-order valence-corrected chi connectivity index (χ2v) is 7.10. The first-order valence-electron chi connectivity index (χ1n) is 7.92. The molecule has 1 N–H and O–H groups in total. The molecule has 3 rings (SSSR count). The average molecular weight is 319 g/mol. The smallest absolute Gasteiger partial charge is 0.171 e. The SMILES string of the molecule is C=C(C)c1cccc(-c2cnc3[nH]cc(C(=O)C(C)(C)C)c3n2)c1. The van der Waals surface area contributed by atoms with Crippen molar-refractivity contribution < 1.29 is 4.79 Å². The second kappa shape index (κ2) is 5.71. The summed E-state index contributed by atoms with van der Waals surface area (Å²) in [4.78, 5) is 24.8. The van der Waals surface area contributed by atoms with Gasteiger partial charge >= 0.3 is 0 Å². The first-order valence-corrected chi connectivity index (χ1v) is 7.92. The molecule has 0 fully saturated rings. The molecule has 2 heterocycles. The maximum atomic E-state index is 12.6. The first kappa shape index (κ1) is 16.1. The van der Waals surface area contributed by atoms with Gasteiger partial charge in [-0.25, -0.2) is 9.97 Å². The standard InChI is InChI=1S/C20H21N3O/c1-12(2)13-7-6-8-14(9-13)16-11-22-19-17(23-16)15(10-21-19)18(24)20(3,4)5/h6-11H,1H2,2-5H3,(H,21,22). The highest BCUT2D eigenvalue weighted by Gasteiger charge is 2.26. The molecular formula is C20H21N3O. The van der Waals surface area contributed by atoms with Gasteiger partial charge in [0.15, 0.2) is 11.4 Å². The van der Waals surface area contributed by atoms with Gasteiger partial charge in [0.05, 0.1) is 17.5 Å². The molecule has 122 valence electrons. The lowest BCUT2D eigenvalue weighted by molar-refractivity contribution is 0.0860. The number of H-pyrrole nitrogens is 1. The van der Waals surface area contributed by atoms with Crippen LogP contribution in [-0.2, 0) is 0 Å². The van der Waals surface area contributed by atoms with Gasteiger partial charge in [-0.3, -0.25) is 4.79 Å². The van der Waals surface area contributed by atoms with Crippen LogP contribution in [-0.4, -0.2) is 20.7 Å².